The standard InChI is InChI=1S/C6H9NO.C6H11NO/c8-6-2-4-7-3-1-5(6)7;8-6-2-1-4-7-5-3-6/h5H,1-4H2;7H,1-5H2. The topological polar surface area (TPSA) is 49.4 Å². The van der Waals surface area contributed by atoms with Crippen LogP contribution in [0.25, 0.3) is 0 Å². The molecule has 1 atom stereocenters. The van der Waals surface area contributed by atoms with Crippen molar-refractivity contribution < 1.29 is 9.59 Å². The van der Waals surface area contributed by atoms with Gasteiger partial charge in [-0.05, 0) is 19.4 Å². The number of fused-ring (bicyclic) bond motifs is 1. The zero-order chi connectivity index (χ0) is 11.4. The number of carbonyl (C=O) groups is 2. The second-order valence-corrected chi connectivity index (χ2v) is 4.70. The number of hydrogen-bond donors (Lipinski definition) is 1. The monoisotopic (exact) mass is 224 g/mol. The molecule has 90 valence electrons. The lowest BCUT2D eigenvalue weighted by Crippen LogP contribution is -2.45. The van der Waals surface area contributed by atoms with Crippen LogP contribution in [-0.2, 0) is 9.59 Å². The summed E-state index contributed by atoms with van der Waals surface area (Å²) in [5.41, 5.74) is 0. The summed E-state index contributed by atoms with van der Waals surface area (Å²) >= 11 is 0. The van der Waals surface area contributed by atoms with Crippen molar-refractivity contribution in [1.29, 1.82) is 0 Å². The molecule has 3 saturated heterocycles. The number of carbonyl (C=O) groups excluding carboxylic acids is 2. The summed E-state index contributed by atoms with van der Waals surface area (Å²) in [6, 6.07) is 0.356. The molecular formula is C12H20N2O2. The molecule has 3 rings (SSSR count). The van der Waals surface area contributed by atoms with E-state index in [9.17, 15) is 9.59 Å². The summed E-state index contributed by atoms with van der Waals surface area (Å²) in [5, 5.41) is 3.16. The normalized spacial score (nSPS) is 29.9. The first kappa shape index (κ1) is 11.7. The third-order valence-corrected chi connectivity index (χ3v) is 3.54. The second-order valence-electron chi connectivity index (χ2n) is 4.70. The molecule has 16 heavy (non-hydrogen) atoms. The third kappa shape index (κ3) is 2.89. The SMILES string of the molecule is O=C1CCCNCC1.O=C1CCN2CCC12. The number of nitrogens with one attached hydrogen (secondary N) is 1. The quantitative estimate of drug-likeness (QED) is 0.645. The van der Waals surface area contributed by atoms with Gasteiger partial charge in [-0.1, -0.05) is 0 Å². The van der Waals surface area contributed by atoms with Crippen LogP contribution in [0.4, 0.5) is 0 Å². The first-order valence-electron chi connectivity index (χ1n) is 6.26. The smallest absolute Gasteiger partial charge is 0.151 e. The van der Waals surface area contributed by atoms with Gasteiger partial charge < -0.3 is 5.32 Å². The van der Waals surface area contributed by atoms with Gasteiger partial charge in [-0.2, -0.15) is 0 Å². The Kier molecular flexibility index (Phi) is 4.07. The van der Waals surface area contributed by atoms with E-state index in [0.29, 0.717) is 17.6 Å². The molecule has 3 aliphatic heterocycles. The van der Waals surface area contributed by atoms with Crippen molar-refractivity contribution in [2.24, 2.45) is 0 Å². The zero-order valence-electron chi connectivity index (χ0n) is 9.71. The van der Waals surface area contributed by atoms with Gasteiger partial charge in [0.15, 0.2) is 5.78 Å². The molecule has 4 heteroatoms. The van der Waals surface area contributed by atoms with Gasteiger partial charge in [0.25, 0.3) is 0 Å². The van der Waals surface area contributed by atoms with Crippen LogP contribution in [0.1, 0.15) is 32.1 Å². The molecule has 1 N–H and O–H groups in total. The molecule has 1 unspecified atom stereocenters. The molecule has 0 saturated carbocycles. The molecule has 0 aromatic rings. The highest BCUT2D eigenvalue weighted by molar-refractivity contribution is 5.87. The summed E-state index contributed by atoms with van der Waals surface area (Å²) in [6.07, 6.45) is 4.48. The van der Waals surface area contributed by atoms with Gasteiger partial charge in [-0.25, -0.2) is 0 Å². The Morgan fingerprint density at radius 2 is 1.94 bits per heavy atom. The fraction of sp³-hybridized carbons (Fsp3) is 0.833. The predicted molar refractivity (Wildman–Crippen MR) is 61.3 cm³/mol. The Morgan fingerprint density at radius 1 is 1.06 bits per heavy atom. The molecule has 3 aliphatic rings. The van der Waals surface area contributed by atoms with Crippen LogP contribution in [0, 0.1) is 0 Å². The van der Waals surface area contributed by atoms with E-state index in [1.165, 1.54) is 0 Å². The maximum atomic E-state index is 10.8. The number of nitrogens with zero attached hydrogens (tertiary/aromatic N) is 1. The van der Waals surface area contributed by atoms with Gasteiger partial charge in [0.05, 0.1) is 6.04 Å². The molecule has 0 radical (unpaired) electrons. The van der Waals surface area contributed by atoms with E-state index in [2.05, 4.69) is 10.2 Å². The molecular weight excluding hydrogens is 204 g/mol. The minimum absolute atomic E-state index is 0.356. The molecule has 3 fully saturated rings. The van der Waals surface area contributed by atoms with Crippen LogP contribution in [0.2, 0.25) is 0 Å². The Labute approximate surface area is 96.4 Å². The zero-order valence-corrected chi connectivity index (χ0v) is 9.71. The molecule has 0 aromatic carbocycles. The maximum Gasteiger partial charge on any atom is 0.151 e. The highest BCUT2D eigenvalue weighted by atomic mass is 16.1. The molecule has 0 amide bonds. The average molecular weight is 224 g/mol. The van der Waals surface area contributed by atoms with Gasteiger partial charge in [-0.15, -0.1) is 0 Å². The Balaban J connectivity index is 0.000000120. The van der Waals surface area contributed by atoms with Gasteiger partial charge >= 0.3 is 0 Å². The lowest BCUT2D eigenvalue weighted by Gasteiger charge is -2.32. The van der Waals surface area contributed by atoms with Gasteiger partial charge in [-0.3, -0.25) is 14.5 Å². The summed E-state index contributed by atoms with van der Waals surface area (Å²) in [4.78, 5) is 23.7. The molecule has 4 nitrogen and oxygen atoms in total. The first-order valence-corrected chi connectivity index (χ1v) is 6.26. The van der Waals surface area contributed by atoms with Crippen LogP contribution >= 0.6 is 0 Å². The minimum Gasteiger partial charge on any atom is -0.316 e. The maximum absolute atomic E-state index is 10.8. The van der Waals surface area contributed by atoms with Crippen molar-refractivity contribution in [3.05, 3.63) is 0 Å². The molecule has 3 heterocycles. The number of hydrogen-bond acceptors (Lipinski definition) is 4. The Hall–Kier alpha value is -0.740. The van der Waals surface area contributed by atoms with Gasteiger partial charge in [0.1, 0.15) is 5.78 Å². The van der Waals surface area contributed by atoms with Crippen molar-refractivity contribution in [1.82, 2.24) is 10.2 Å². The van der Waals surface area contributed by atoms with E-state index < -0.39 is 0 Å². The van der Waals surface area contributed by atoms with E-state index in [0.717, 1.165) is 58.3 Å². The van der Waals surface area contributed by atoms with Crippen LogP contribution in [0.15, 0.2) is 0 Å². The third-order valence-electron chi connectivity index (χ3n) is 3.54. The lowest BCUT2D eigenvalue weighted by molar-refractivity contribution is -0.122. The Bertz CT molecular complexity index is 268. The first-order chi connectivity index (χ1) is 7.77. The predicted octanol–water partition coefficient (Wildman–Crippen LogP) is 0.363. The van der Waals surface area contributed by atoms with Crippen molar-refractivity contribution >= 4 is 11.6 Å². The van der Waals surface area contributed by atoms with Gasteiger partial charge in [0.2, 0.25) is 0 Å². The van der Waals surface area contributed by atoms with Gasteiger partial charge in [0, 0.05) is 38.9 Å². The number of rotatable bonds is 0. The average Bonchev–Trinajstić information content (AvgIpc) is 2.44. The second kappa shape index (κ2) is 5.55. The minimum atomic E-state index is 0.356. The van der Waals surface area contributed by atoms with E-state index in [4.69, 9.17) is 0 Å². The van der Waals surface area contributed by atoms with E-state index >= 15 is 0 Å². The lowest BCUT2D eigenvalue weighted by atomic mass is 10.0. The van der Waals surface area contributed by atoms with Crippen molar-refractivity contribution in [2.75, 3.05) is 26.2 Å². The highest BCUT2D eigenvalue weighted by Crippen LogP contribution is 2.24. The molecule has 0 aromatic heterocycles. The van der Waals surface area contributed by atoms with E-state index in [1.54, 1.807) is 0 Å². The summed E-state index contributed by atoms with van der Waals surface area (Å²) < 4.78 is 0. The van der Waals surface area contributed by atoms with Crippen LogP contribution in [-0.4, -0.2) is 48.7 Å². The van der Waals surface area contributed by atoms with Crippen molar-refractivity contribution in [3.63, 3.8) is 0 Å². The highest BCUT2D eigenvalue weighted by Gasteiger charge is 2.38. The van der Waals surface area contributed by atoms with Crippen LogP contribution in [0.3, 0.4) is 0 Å². The number of Topliss-reactive ketones (excluding diaryl/α,β-unsaturated/α-hetero) is 2. The fourth-order valence-electron chi connectivity index (χ4n) is 2.38. The largest absolute Gasteiger partial charge is 0.316 e. The van der Waals surface area contributed by atoms with E-state index in [1.807, 2.05) is 0 Å². The number of ketones is 2. The molecule has 0 spiro atoms. The fourth-order valence-corrected chi connectivity index (χ4v) is 2.38. The Morgan fingerprint density at radius 3 is 2.50 bits per heavy atom. The van der Waals surface area contributed by atoms with Crippen LogP contribution < -0.4 is 5.32 Å². The summed E-state index contributed by atoms with van der Waals surface area (Å²) in [5.74, 6) is 0.881. The van der Waals surface area contributed by atoms with Crippen molar-refractivity contribution in [2.45, 2.75) is 38.1 Å². The summed E-state index contributed by atoms with van der Waals surface area (Å²) in [6.45, 7) is 4.10. The molecule has 0 bridgehead atoms. The van der Waals surface area contributed by atoms with Crippen molar-refractivity contribution in [3.8, 4) is 0 Å². The molecule has 0 aliphatic carbocycles. The summed E-state index contributed by atoms with van der Waals surface area (Å²) in [7, 11) is 0. The van der Waals surface area contributed by atoms with E-state index in [-0.39, 0.29) is 0 Å². The van der Waals surface area contributed by atoms with Crippen LogP contribution in [0.5, 0.6) is 0 Å².